The summed E-state index contributed by atoms with van der Waals surface area (Å²) in [6, 6.07) is 3.20. The van der Waals surface area contributed by atoms with Crippen LogP contribution in [0.15, 0.2) is 29.3 Å². The van der Waals surface area contributed by atoms with Crippen molar-refractivity contribution >= 4 is 23.9 Å². The number of unbranched alkanes of at least 4 members (excludes halogenated alkanes) is 1. The molecular weight excluding hydrogens is 566 g/mol. The Labute approximate surface area is 259 Å². The number of rotatable bonds is 11. The Morgan fingerprint density at radius 3 is 2.73 bits per heavy atom. The van der Waals surface area contributed by atoms with Gasteiger partial charge < -0.3 is 46.5 Å². The van der Waals surface area contributed by atoms with Crippen molar-refractivity contribution in [3.63, 3.8) is 0 Å². The topological polar surface area (TPSA) is 185 Å². The van der Waals surface area contributed by atoms with E-state index in [1.165, 1.54) is 11.8 Å². The number of hydrogen-bond donors (Lipinski definition) is 5. The van der Waals surface area contributed by atoms with Gasteiger partial charge in [0.05, 0.1) is 0 Å². The molecule has 7 N–H and O–H groups in total. The minimum Gasteiger partial charge on any atom is -0.482 e. The van der Waals surface area contributed by atoms with Crippen LogP contribution in [-0.2, 0) is 15.0 Å². The number of fused-ring (bicyclic) bond motifs is 1. The van der Waals surface area contributed by atoms with Crippen LogP contribution in [0.3, 0.4) is 0 Å². The minimum absolute atomic E-state index is 0.0115. The number of hydrogen-bond acceptors (Lipinski definition) is 8. The molecular formula is C31H47N7O6. The van der Waals surface area contributed by atoms with Crippen LogP contribution in [0.25, 0.3) is 0 Å². The fourth-order valence-corrected chi connectivity index (χ4v) is 6.83. The number of nitrogens with one attached hydrogen (secondary N) is 2. The third kappa shape index (κ3) is 6.78. The third-order valence-corrected chi connectivity index (χ3v) is 9.21. The van der Waals surface area contributed by atoms with Crippen molar-refractivity contribution in [2.75, 3.05) is 40.3 Å². The van der Waals surface area contributed by atoms with E-state index < -0.39 is 29.8 Å². The number of aliphatic hydroxyl groups is 1. The van der Waals surface area contributed by atoms with Crippen LogP contribution in [0.4, 0.5) is 4.79 Å². The summed E-state index contributed by atoms with van der Waals surface area (Å²) in [4.78, 5) is 45.2. The van der Waals surface area contributed by atoms with Crippen molar-refractivity contribution in [3.8, 4) is 11.5 Å². The molecule has 1 saturated heterocycles. The second-order valence-electron chi connectivity index (χ2n) is 12.2. The zero-order valence-electron chi connectivity index (χ0n) is 26.3. The summed E-state index contributed by atoms with van der Waals surface area (Å²) >= 11 is 0. The van der Waals surface area contributed by atoms with E-state index in [4.69, 9.17) is 20.9 Å². The molecule has 13 nitrogen and oxygen atoms in total. The molecule has 1 fully saturated rings. The molecule has 13 heteroatoms. The number of piperidine rings is 1. The lowest BCUT2D eigenvalue weighted by Crippen LogP contribution is -2.61. The summed E-state index contributed by atoms with van der Waals surface area (Å²) in [5, 5.41) is 16.5. The molecule has 0 bridgehead atoms. The van der Waals surface area contributed by atoms with Gasteiger partial charge in [-0.05, 0) is 64.8 Å². The highest BCUT2D eigenvalue weighted by Gasteiger charge is 2.61. The number of likely N-dealkylation sites (tertiary alicyclic amines) is 1. The van der Waals surface area contributed by atoms with Crippen LogP contribution >= 0.6 is 0 Å². The van der Waals surface area contributed by atoms with Gasteiger partial charge in [-0.2, -0.15) is 0 Å². The number of benzene rings is 1. The molecule has 1 aromatic carbocycles. The zero-order valence-corrected chi connectivity index (χ0v) is 26.3. The fourth-order valence-electron chi connectivity index (χ4n) is 6.83. The first-order valence-corrected chi connectivity index (χ1v) is 15.3. The van der Waals surface area contributed by atoms with E-state index in [1.54, 1.807) is 13.1 Å². The molecule has 242 valence electrons. The van der Waals surface area contributed by atoms with E-state index in [0.29, 0.717) is 37.3 Å². The first-order chi connectivity index (χ1) is 20.9. The number of aliphatic hydroxyl groups excluding tert-OH is 1. The highest BCUT2D eigenvalue weighted by atomic mass is 16.6. The molecule has 4 rings (SSSR count). The normalized spacial score (nSPS) is 25.9. The number of nitrogens with zero attached hydrogens (tertiary/aromatic N) is 3. The van der Waals surface area contributed by atoms with Gasteiger partial charge in [-0.3, -0.25) is 14.6 Å². The number of carbonyl (C=O) groups is 3. The van der Waals surface area contributed by atoms with Crippen molar-refractivity contribution in [3.05, 3.63) is 35.4 Å². The molecule has 0 aromatic heterocycles. The highest BCUT2D eigenvalue weighted by Crippen LogP contribution is 2.59. The maximum atomic E-state index is 13.1. The van der Waals surface area contributed by atoms with Gasteiger partial charge in [0.25, 0.3) is 0 Å². The second kappa shape index (κ2) is 13.9. The summed E-state index contributed by atoms with van der Waals surface area (Å²) in [7, 11) is 3.70. The van der Waals surface area contributed by atoms with Crippen molar-refractivity contribution in [2.24, 2.45) is 22.4 Å². The molecule has 1 aliphatic carbocycles. The first kappa shape index (κ1) is 33.1. The van der Waals surface area contributed by atoms with Gasteiger partial charge in [0.15, 0.2) is 17.5 Å². The van der Waals surface area contributed by atoms with Crippen molar-refractivity contribution in [1.29, 1.82) is 0 Å². The number of aryl methyl sites for hydroxylation is 1. The molecule has 3 aliphatic rings. The van der Waals surface area contributed by atoms with E-state index in [9.17, 15) is 19.5 Å². The Morgan fingerprint density at radius 1 is 1.27 bits per heavy atom. The predicted octanol–water partition coefficient (Wildman–Crippen LogP) is 0.760. The van der Waals surface area contributed by atoms with Gasteiger partial charge in [0.2, 0.25) is 11.8 Å². The van der Waals surface area contributed by atoms with Gasteiger partial charge in [-0.25, -0.2) is 4.79 Å². The van der Waals surface area contributed by atoms with E-state index in [1.807, 2.05) is 19.1 Å². The van der Waals surface area contributed by atoms with Crippen LogP contribution in [-0.4, -0.2) is 103 Å². The number of ether oxygens (including phenoxy) is 2. The number of likely N-dealkylation sites (N-methyl/N-ethyl adjacent to an activating group) is 1. The maximum absolute atomic E-state index is 13.1. The van der Waals surface area contributed by atoms with E-state index in [0.717, 1.165) is 24.1 Å². The number of nitrogens with two attached hydrogens (primary N) is 2. The van der Waals surface area contributed by atoms with Crippen LogP contribution in [0.2, 0.25) is 0 Å². The number of aliphatic imine (C=N–C) groups is 1. The van der Waals surface area contributed by atoms with Gasteiger partial charge in [0, 0.05) is 56.5 Å². The average molecular weight is 614 g/mol. The zero-order chi connectivity index (χ0) is 32.2. The Kier molecular flexibility index (Phi) is 10.4. The number of amides is 3. The lowest BCUT2D eigenvalue weighted by atomic mass is 9.57. The van der Waals surface area contributed by atoms with Gasteiger partial charge in [0.1, 0.15) is 18.2 Å². The minimum atomic E-state index is -0.775. The molecule has 2 aliphatic heterocycles. The Balaban J connectivity index is 1.38. The third-order valence-electron chi connectivity index (χ3n) is 9.21. The molecule has 44 heavy (non-hydrogen) atoms. The molecule has 1 spiro atoms. The monoisotopic (exact) mass is 613 g/mol. The van der Waals surface area contributed by atoms with E-state index in [2.05, 4.69) is 40.6 Å². The molecule has 3 amide bonds. The Morgan fingerprint density at radius 2 is 2.02 bits per heavy atom. The quantitative estimate of drug-likeness (QED) is 0.104. The average Bonchev–Trinajstić information content (AvgIpc) is 3.33. The molecule has 1 aromatic rings. The van der Waals surface area contributed by atoms with Crippen molar-refractivity contribution in [1.82, 2.24) is 20.4 Å². The van der Waals surface area contributed by atoms with Gasteiger partial charge in [-0.15, -0.1) is 0 Å². The first-order valence-electron chi connectivity index (χ1n) is 15.3. The standard InChI is InChI=1S/C31H47N7O6/c1-18-9-12-24(26-25(18)31-13-16-37(4)19(2)21(31)10-11-23(40)27(31)44-26)43-30(42)38(5)17-15-34-28(41)22(36-20(3)39)8-6-7-14-35-29(32)33/h9-12,19,21-23,27,40H,6-8,13-17H2,1-5H3,(H,34,41)(H,36,39)(H4,32,33,35)/t19-,21?,22+,23?,27+,31+/m1/s1. The summed E-state index contributed by atoms with van der Waals surface area (Å²) in [6.45, 7) is 7.22. The lowest BCUT2D eigenvalue weighted by Gasteiger charge is -2.52. The largest absolute Gasteiger partial charge is 0.482 e. The van der Waals surface area contributed by atoms with Gasteiger partial charge in [-0.1, -0.05) is 18.2 Å². The Bertz CT molecular complexity index is 1300. The fraction of sp³-hybridized carbons (Fsp3) is 0.613. The van der Waals surface area contributed by atoms with Crippen LogP contribution in [0.5, 0.6) is 11.5 Å². The summed E-state index contributed by atoms with van der Waals surface area (Å²) in [5.41, 5.74) is 12.3. The van der Waals surface area contributed by atoms with E-state index >= 15 is 0 Å². The smallest absolute Gasteiger partial charge is 0.415 e. The maximum Gasteiger partial charge on any atom is 0.415 e. The summed E-state index contributed by atoms with van der Waals surface area (Å²) in [5.74, 6) is 0.298. The number of guanidine groups is 1. The molecule has 2 unspecified atom stereocenters. The van der Waals surface area contributed by atoms with Gasteiger partial charge >= 0.3 is 6.09 Å². The van der Waals surface area contributed by atoms with E-state index in [-0.39, 0.29) is 42.8 Å². The van der Waals surface area contributed by atoms with Crippen LogP contribution in [0.1, 0.15) is 50.7 Å². The lowest BCUT2D eigenvalue weighted by molar-refractivity contribution is -0.128. The highest BCUT2D eigenvalue weighted by molar-refractivity contribution is 5.86. The van der Waals surface area contributed by atoms with Crippen LogP contribution in [0, 0.1) is 12.8 Å². The molecule has 2 heterocycles. The van der Waals surface area contributed by atoms with Crippen LogP contribution < -0.4 is 31.6 Å². The van der Waals surface area contributed by atoms with Crippen molar-refractivity contribution < 1.29 is 29.0 Å². The molecule has 0 radical (unpaired) electrons. The Hall–Kier alpha value is -3.84. The summed E-state index contributed by atoms with van der Waals surface area (Å²) in [6.07, 6.45) is 4.61. The molecule has 6 atom stereocenters. The predicted molar refractivity (Wildman–Crippen MR) is 166 cm³/mol. The second-order valence-corrected chi connectivity index (χ2v) is 12.2. The SMILES string of the molecule is CC(=O)N[C@@H](CCCCN=C(N)N)C(=O)NCCN(C)C(=O)Oc1ccc(C)c2c1O[C@H]1C(O)C=CC3[C@@H](C)N(C)CC[C@@]231. The molecule has 0 saturated carbocycles. The number of carbonyl (C=O) groups excluding carboxylic acids is 3. The summed E-state index contributed by atoms with van der Waals surface area (Å²) < 4.78 is 12.3. The van der Waals surface area contributed by atoms with Crippen molar-refractivity contribution in [2.45, 2.75) is 76.2 Å².